The number of aromatic nitrogens is 2. The van der Waals surface area contributed by atoms with Crippen molar-refractivity contribution in [3.05, 3.63) is 73.2 Å². The van der Waals surface area contributed by atoms with E-state index in [1.54, 1.807) is 6.26 Å². The predicted octanol–water partition coefficient (Wildman–Crippen LogP) is 4.61. The van der Waals surface area contributed by atoms with Gasteiger partial charge >= 0.3 is 0 Å². The zero-order valence-corrected chi connectivity index (χ0v) is 18.9. The molecule has 2 aromatic heterocycles. The van der Waals surface area contributed by atoms with E-state index in [0.717, 1.165) is 48.5 Å². The molecule has 0 unspecified atom stereocenters. The maximum absolute atomic E-state index is 13.1. The van der Waals surface area contributed by atoms with Crippen LogP contribution in [0.3, 0.4) is 0 Å². The van der Waals surface area contributed by atoms with Crippen LogP contribution in [-0.4, -0.2) is 21.4 Å². The highest BCUT2D eigenvalue weighted by Crippen LogP contribution is 2.31. The SMILES string of the molecule is CC(C)c1ccc2occ(CN3CCc4nc(C5CCCCC5)[nH]c(=O)c4C3)c(=O)c2c1. The van der Waals surface area contributed by atoms with Gasteiger partial charge in [0.05, 0.1) is 22.9 Å². The smallest absolute Gasteiger partial charge is 0.255 e. The first-order valence-corrected chi connectivity index (χ1v) is 11.9. The summed E-state index contributed by atoms with van der Waals surface area (Å²) in [6.45, 7) is 5.97. The number of rotatable bonds is 4. The van der Waals surface area contributed by atoms with E-state index in [4.69, 9.17) is 9.40 Å². The number of hydrogen-bond acceptors (Lipinski definition) is 5. The molecule has 1 aromatic carbocycles. The number of aromatic amines is 1. The number of H-pyrrole nitrogens is 1. The summed E-state index contributed by atoms with van der Waals surface area (Å²) in [6.07, 6.45) is 8.24. The van der Waals surface area contributed by atoms with Gasteiger partial charge in [-0.15, -0.1) is 0 Å². The minimum Gasteiger partial charge on any atom is -0.464 e. The number of nitrogens with one attached hydrogen (secondary N) is 1. The molecule has 1 aliphatic heterocycles. The number of hydrogen-bond donors (Lipinski definition) is 1. The topological polar surface area (TPSA) is 79.2 Å². The quantitative estimate of drug-likeness (QED) is 0.650. The molecule has 1 saturated carbocycles. The lowest BCUT2D eigenvalue weighted by Crippen LogP contribution is -2.37. The van der Waals surface area contributed by atoms with Gasteiger partial charge < -0.3 is 9.40 Å². The minimum absolute atomic E-state index is 0.0132. The van der Waals surface area contributed by atoms with Crippen molar-refractivity contribution in [2.75, 3.05) is 6.54 Å². The minimum atomic E-state index is -0.0209. The van der Waals surface area contributed by atoms with Gasteiger partial charge in [0.2, 0.25) is 0 Å². The molecule has 1 fully saturated rings. The van der Waals surface area contributed by atoms with Crippen molar-refractivity contribution in [1.29, 1.82) is 0 Å². The van der Waals surface area contributed by atoms with Gasteiger partial charge in [0, 0.05) is 37.5 Å². The van der Waals surface area contributed by atoms with Crippen molar-refractivity contribution in [2.45, 2.75) is 77.3 Å². The predicted molar refractivity (Wildman–Crippen MR) is 125 cm³/mol. The molecule has 0 radical (unpaired) electrons. The number of benzene rings is 1. The van der Waals surface area contributed by atoms with Crippen LogP contribution in [0.15, 0.2) is 38.5 Å². The highest BCUT2D eigenvalue weighted by Gasteiger charge is 2.25. The Morgan fingerprint density at radius 3 is 2.78 bits per heavy atom. The molecule has 3 heterocycles. The Hall–Kier alpha value is -2.73. The summed E-state index contributed by atoms with van der Waals surface area (Å²) >= 11 is 0. The molecule has 168 valence electrons. The normalized spacial score (nSPS) is 17.7. The maximum atomic E-state index is 13.1. The summed E-state index contributed by atoms with van der Waals surface area (Å²) < 4.78 is 5.77. The van der Waals surface area contributed by atoms with E-state index in [2.05, 4.69) is 23.7 Å². The molecule has 0 atom stereocenters. The lowest BCUT2D eigenvalue weighted by Gasteiger charge is -2.28. The molecule has 1 N–H and O–H groups in total. The van der Waals surface area contributed by atoms with Gasteiger partial charge in [-0.3, -0.25) is 14.5 Å². The summed E-state index contributed by atoms with van der Waals surface area (Å²) in [5, 5.41) is 0.628. The molecule has 3 aromatic rings. The average Bonchev–Trinajstić information content (AvgIpc) is 2.81. The Labute approximate surface area is 187 Å². The van der Waals surface area contributed by atoms with Crippen molar-refractivity contribution in [3.8, 4) is 0 Å². The van der Waals surface area contributed by atoms with Crippen molar-refractivity contribution < 1.29 is 4.42 Å². The highest BCUT2D eigenvalue weighted by atomic mass is 16.3. The van der Waals surface area contributed by atoms with Gasteiger partial charge in [-0.05, 0) is 36.5 Å². The number of fused-ring (bicyclic) bond motifs is 2. The van der Waals surface area contributed by atoms with Gasteiger partial charge in [-0.2, -0.15) is 0 Å². The largest absolute Gasteiger partial charge is 0.464 e. The van der Waals surface area contributed by atoms with Crippen LogP contribution in [0.25, 0.3) is 11.0 Å². The first kappa shape index (κ1) is 21.1. The van der Waals surface area contributed by atoms with E-state index >= 15 is 0 Å². The van der Waals surface area contributed by atoms with E-state index < -0.39 is 0 Å². The van der Waals surface area contributed by atoms with Crippen LogP contribution in [0.1, 0.15) is 86.0 Å². The first-order chi connectivity index (χ1) is 15.5. The molecule has 0 spiro atoms. The van der Waals surface area contributed by atoms with Crippen LogP contribution in [0.5, 0.6) is 0 Å². The van der Waals surface area contributed by atoms with E-state index in [9.17, 15) is 9.59 Å². The van der Waals surface area contributed by atoms with Crippen LogP contribution in [-0.2, 0) is 19.5 Å². The summed E-state index contributed by atoms with van der Waals surface area (Å²) in [6, 6.07) is 5.84. The molecular weight excluding hydrogens is 402 g/mol. The molecule has 0 saturated heterocycles. The molecule has 1 aliphatic carbocycles. The molecule has 0 bridgehead atoms. The molecule has 2 aliphatic rings. The fourth-order valence-corrected chi connectivity index (χ4v) is 5.10. The second-order valence-corrected chi connectivity index (χ2v) is 9.67. The molecular formula is C26H31N3O3. The lowest BCUT2D eigenvalue weighted by molar-refractivity contribution is 0.238. The second kappa shape index (κ2) is 8.66. The Morgan fingerprint density at radius 1 is 1.19 bits per heavy atom. The van der Waals surface area contributed by atoms with Crippen LogP contribution in [0.4, 0.5) is 0 Å². The highest BCUT2D eigenvalue weighted by molar-refractivity contribution is 5.77. The fourth-order valence-electron chi connectivity index (χ4n) is 5.10. The average molecular weight is 434 g/mol. The van der Waals surface area contributed by atoms with Crippen LogP contribution >= 0.6 is 0 Å². The summed E-state index contributed by atoms with van der Waals surface area (Å²) in [5.41, 5.74) is 4.03. The third-order valence-electron chi connectivity index (χ3n) is 7.09. The molecule has 5 rings (SSSR count). The summed E-state index contributed by atoms with van der Waals surface area (Å²) in [7, 11) is 0. The monoisotopic (exact) mass is 433 g/mol. The Bertz CT molecular complexity index is 1250. The number of nitrogens with zero attached hydrogens (tertiary/aromatic N) is 2. The van der Waals surface area contributed by atoms with Gasteiger partial charge in [0.1, 0.15) is 11.4 Å². The molecule has 32 heavy (non-hydrogen) atoms. The van der Waals surface area contributed by atoms with E-state index in [-0.39, 0.29) is 11.0 Å². The van der Waals surface area contributed by atoms with Crippen molar-refractivity contribution in [2.24, 2.45) is 0 Å². The Morgan fingerprint density at radius 2 is 2.00 bits per heavy atom. The van der Waals surface area contributed by atoms with Crippen LogP contribution in [0, 0.1) is 0 Å². The van der Waals surface area contributed by atoms with E-state index in [1.165, 1.54) is 19.3 Å². The van der Waals surface area contributed by atoms with Gasteiger partial charge in [0.15, 0.2) is 5.43 Å². The zero-order chi connectivity index (χ0) is 22.2. The Kier molecular flexibility index (Phi) is 5.72. The van der Waals surface area contributed by atoms with Crippen molar-refractivity contribution >= 4 is 11.0 Å². The fraction of sp³-hybridized carbons (Fsp3) is 0.500. The first-order valence-electron chi connectivity index (χ1n) is 11.9. The second-order valence-electron chi connectivity index (χ2n) is 9.67. The maximum Gasteiger partial charge on any atom is 0.255 e. The van der Waals surface area contributed by atoms with E-state index in [1.807, 2.05) is 18.2 Å². The third kappa shape index (κ3) is 4.04. The van der Waals surface area contributed by atoms with E-state index in [0.29, 0.717) is 41.5 Å². The Balaban J connectivity index is 1.38. The van der Waals surface area contributed by atoms with Gasteiger partial charge in [-0.1, -0.05) is 39.2 Å². The van der Waals surface area contributed by atoms with Crippen molar-refractivity contribution in [3.63, 3.8) is 0 Å². The van der Waals surface area contributed by atoms with Gasteiger partial charge in [-0.25, -0.2) is 4.98 Å². The standard InChI is InChI=1S/C26H31N3O3/c1-16(2)18-8-9-23-20(12-18)24(30)19(15-32-23)13-29-11-10-22-21(14-29)26(31)28-25(27-22)17-6-4-3-5-7-17/h8-9,12,15-17H,3-7,10-11,13-14H2,1-2H3,(H,27,28,31). The summed E-state index contributed by atoms with van der Waals surface area (Å²) in [4.78, 5) is 36.1. The summed E-state index contributed by atoms with van der Waals surface area (Å²) in [5.74, 6) is 1.61. The molecule has 0 amide bonds. The lowest BCUT2D eigenvalue weighted by atomic mass is 9.88. The third-order valence-corrected chi connectivity index (χ3v) is 7.09. The van der Waals surface area contributed by atoms with Gasteiger partial charge in [0.25, 0.3) is 5.56 Å². The van der Waals surface area contributed by atoms with Crippen LogP contribution < -0.4 is 11.0 Å². The molecule has 6 heteroatoms. The molecule has 6 nitrogen and oxygen atoms in total. The van der Waals surface area contributed by atoms with Crippen LogP contribution in [0.2, 0.25) is 0 Å². The van der Waals surface area contributed by atoms with Crippen molar-refractivity contribution in [1.82, 2.24) is 14.9 Å². The zero-order valence-electron chi connectivity index (χ0n) is 18.9.